The van der Waals surface area contributed by atoms with Gasteiger partial charge in [0, 0.05) is 6.42 Å². The Morgan fingerprint density at radius 3 is 2.12 bits per heavy atom. The predicted octanol–water partition coefficient (Wildman–Crippen LogP) is 1.98. The van der Waals surface area contributed by atoms with Gasteiger partial charge in [-0.25, -0.2) is 0 Å². The van der Waals surface area contributed by atoms with Crippen LogP contribution in [0.5, 0.6) is 0 Å². The molecule has 1 N–H and O–H groups in total. The van der Waals surface area contributed by atoms with Crippen molar-refractivity contribution in [3.63, 3.8) is 0 Å². The van der Waals surface area contributed by atoms with E-state index < -0.39 is 13.7 Å². The monoisotopic (exact) mass is 252 g/mol. The SMILES string of the molecule is CCOP(=O)(CC(=O)C[C@@H](O)CC)OCC. The van der Waals surface area contributed by atoms with E-state index in [0.29, 0.717) is 6.42 Å². The minimum absolute atomic E-state index is 0.000634. The fraction of sp³-hybridized carbons (Fsp3) is 0.900. The Kier molecular flexibility index (Phi) is 7.85. The Labute approximate surface area is 96.7 Å². The predicted molar refractivity (Wildman–Crippen MR) is 61.6 cm³/mol. The van der Waals surface area contributed by atoms with Crippen molar-refractivity contribution in [3.05, 3.63) is 0 Å². The first-order valence-electron chi connectivity index (χ1n) is 5.55. The first-order chi connectivity index (χ1) is 7.47. The largest absolute Gasteiger partial charge is 0.393 e. The van der Waals surface area contributed by atoms with Crippen molar-refractivity contribution in [2.24, 2.45) is 0 Å². The Balaban J connectivity index is 4.28. The van der Waals surface area contributed by atoms with Gasteiger partial charge in [-0.2, -0.15) is 0 Å². The zero-order chi connectivity index (χ0) is 12.6. The average molecular weight is 252 g/mol. The van der Waals surface area contributed by atoms with Crippen LogP contribution in [0.1, 0.15) is 33.6 Å². The molecule has 6 heteroatoms. The van der Waals surface area contributed by atoms with Crippen molar-refractivity contribution in [2.75, 3.05) is 19.4 Å². The quantitative estimate of drug-likeness (QED) is 0.635. The highest BCUT2D eigenvalue weighted by molar-refractivity contribution is 7.54. The molecule has 0 amide bonds. The van der Waals surface area contributed by atoms with Gasteiger partial charge in [0.15, 0.2) is 0 Å². The Bertz CT molecular complexity index is 244. The molecule has 5 nitrogen and oxygen atoms in total. The maximum absolute atomic E-state index is 11.9. The van der Waals surface area contributed by atoms with Crippen LogP contribution in [0.2, 0.25) is 0 Å². The minimum Gasteiger partial charge on any atom is -0.393 e. The van der Waals surface area contributed by atoms with Gasteiger partial charge in [-0.15, -0.1) is 0 Å². The van der Waals surface area contributed by atoms with Crippen molar-refractivity contribution in [1.82, 2.24) is 0 Å². The lowest BCUT2D eigenvalue weighted by Gasteiger charge is -2.16. The summed E-state index contributed by atoms with van der Waals surface area (Å²) >= 11 is 0. The average Bonchev–Trinajstić information content (AvgIpc) is 2.17. The standard InChI is InChI=1S/C10H21O5P/c1-4-9(11)7-10(12)8-16(13,14-5-2)15-6-3/h9,11H,4-8H2,1-3H3/t9-/m0/s1. The second-order valence-corrected chi connectivity index (χ2v) is 5.46. The smallest absolute Gasteiger partial charge is 0.338 e. The molecule has 0 saturated heterocycles. The maximum Gasteiger partial charge on any atom is 0.338 e. The lowest BCUT2D eigenvalue weighted by atomic mass is 10.1. The van der Waals surface area contributed by atoms with E-state index >= 15 is 0 Å². The van der Waals surface area contributed by atoms with Crippen LogP contribution in [0.3, 0.4) is 0 Å². The van der Waals surface area contributed by atoms with Gasteiger partial charge in [0.2, 0.25) is 0 Å². The van der Waals surface area contributed by atoms with Gasteiger partial charge >= 0.3 is 7.60 Å². The van der Waals surface area contributed by atoms with Crippen LogP contribution in [-0.2, 0) is 18.4 Å². The third-order valence-corrected chi connectivity index (χ3v) is 4.00. The molecule has 0 rings (SSSR count). The normalized spacial score (nSPS) is 13.8. The highest BCUT2D eigenvalue weighted by Crippen LogP contribution is 2.47. The van der Waals surface area contributed by atoms with Crippen LogP contribution in [-0.4, -0.2) is 36.4 Å². The molecular weight excluding hydrogens is 231 g/mol. The van der Waals surface area contributed by atoms with Crippen LogP contribution < -0.4 is 0 Å². The lowest BCUT2D eigenvalue weighted by molar-refractivity contribution is -0.118. The van der Waals surface area contributed by atoms with E-state index in [2.05, 4.69) is 0 Å². The molecule has 16 heavy (non-hydrogen) atoms. The number of hydrogen-bond donors (Lipinski definition) is 1. The van der Waals surface area contributed by atoms with E-state index in [-0.39, 0.29) is 31.6 Å². The van der Waals surface area contributed by atoms with E-state index in [0.717, 1.165) is 0 Å². The molecule has 0 aromatic rings. The number of aliphatic hydroxyl groups is 1. The Morgan fingerprint density at radius 2 is 1.75 bits per heavy atom. The number of rotatable bonds is 9. The second kappa shape index (κ2) is 7.96. The van der Waals surface area contributed by atoms with Crippen LogP contribution in [0.25, 0.3) is 0 Å². The van der Waals surface area contributed by atoms with Crippen molar-refractivity contribution >= 4 is 13.4 Å². The summed E-state index contributed by atoms with van der Waals surface area (Å²) in [4.78, 5) is 11.5. The van der Waals surface area contributed by atoms with E-state index in [4.69, 9.17) is 9.05 Å². The van der Waals surface area contributed by atoms with E-state index in [1.54, 1.807) is 20.8 Å². The summed E-state index contributed by atoms with van der Waals surface area (Å²) < 4.78 is 21.9. The van der Waals surface area contributed by atoms with Gasteiger partial charge in [0.25, 0.3) is 0 Å². The van der Waals surface area contributed by atoms with Crippen LogP contribution in [0.15, 0.2) is 0 Å². The van der Waals surface area contributed by atoms with Crippen molar-refractivity contribution in [2.45, 2.75) is 39.7 Å². The molecule has 0 bridgehead atoms. The van der Waals surface area contributed by atoms with Gasteiger partial charge in [-0.1, -0.05) is 6.92 Å². The number of carbonyl (C=O) groups excluding carboxylic acids is 1. The van der Waals surface area contributed by atoms with Crippen LogP contribution >= 0.6 is 7.60 Å². The number of carbonyl (C=O) groups is 1. The van der Waals surface area contributed by atoms with Gasteiger partial charge < -0.3 is 14.2 Å². The van der Waals surface area contributed by atoms with E-state index in [1.807, 2.05) is 0 Å². The molecule has 0 aliphatic carbocycles. The van der Waals surface area contributed by atoms with Crippen LogP contribution in [0.4, 0.5) is 0 Å². The highest BCUT2D eigenvalue weighted by atomic mass is 31.2. The lowest BCUT2D eigenvalue weighted by Crippen LogP contribution is -2.16. The summed E-state index contributed by atoms with van der Waals surface area (Å²) in [5.74, 6) is -0.292. The molecule has 0 heterocycles. The fourth-order valence-electron chi connectivity index (χ4n) is 1.21. The van der Waals surface area contributed by atoms with Gasteiger partial charge in [0.05, 0.1) is 19.3 Å². The summed E-state index contributed by atoms with van der Waals surface area (Å²) in [6.07, 6.45) is -0.435. The molecule has 0 spiro atoms. The van der Waals surface area contributed by atoms with Crippen LogP contribution in [0, 0.1) is 0 Å². The second-order valence-electron chi connectivity index (χ2n) is 3.41. The first kappa shape index (κ1) is 15.8. The maximum atomic E-state index is 11.9. The third-order valence-electron chi connectivity index (χ3n) is 1.96. The molecule has 0 aliphatic rings. The van der Waals surface area contributed by atoms with Gasteiger partial charge in [-0.3, -0.25) is 9.36 Å². The van der Waals surface area contributed by atoms with Gasteiger partial charge in [-0.05, 0) is 20.3 Å². The van der Waals surface area contributed by atoms with Crippen molar-refractivity contribution in [3.8, 4) is 0 Å². The summed E-state index contributed by atoms with van der Waals surface area (Å²) in [5.41, 5.74) is 0. The number of ketones is 1. The Morgan fingerprint density at radius 1 is 1.25 bits per heavy atom. The van der Waals surface area contributed by atoms with E-state index in [1.165, 1.54) is 0 Å². The molecule has 0 aliphatic heterocycles. The van der Waals surface area contributed by atoms with Crippen molar-refractivity contribution < 1.29 is 23.5 Å². The molecule has 0 aromatic carbocycles. The minimum atomic E-state index is -3.30. The van der Waals surface area contributed by atoms with Crippen molar-refractivity contribution in [1.29, 1.82) is 0 Å². The van der Waals surface area contributed by atoms with E-state index in [9.17, 15) is 14.5 Å². The summed E-state index contributed by atoms with van der Waals surface area (Å²) in [5, 5.41) is 9.29. The topological polar surface area (TPSA) is 72.8 Å². The summed E-state index contributed by atoms with van der Waals surface area (Å²) in [6, 6.07) is 0. The molecule has 1 atom stereocenters. The number of Topliss-reactive ketones (excluding diaryl/α,β-unsaturated/α-hetero) is 1. The molecule has 0 aromatic heterocycles. The molecule has 0 fully saturated rings. The first-order valence-corrected chi connectivity index (χ1v) is 7.28. The third kappa shape index (κ3) is 6.38. The molecule has 0 unspecified atom stereocenters. The zero-order valence-corrected chi connectivity index (χ0v) is 11.0. The molecular formula is C10H21O5P. The molecule has 0 radical (unpaired) electrons. The molecule has 0 saturated carbocycles. The number of hydrogen-bond acceptors (Lipinski definition) is 5. The molecule has 96 valence electrons. The summed E-state index contributed by atoms with van der Waals surface area (Å²) in [6.45, 7) is 5.64. The fourth-order valence-corrected chi connectivity index (χ4v) is 2.81. The highest BCUT2D eigenvalue weighted by Gasteiger charge is 2.27. The summed E-state index contributed by atoms with van der Waals surface area (Å²) in [7, 11) is -3.30. The van der Waals surface area contributed by atoms with Gasteiger partial charge in [0.1, 0.15) is 11.9 Å². The Hall–Kier alpha value is -0.220. The number of aliphatic hydroxyl groups excluding tert-OH is 1. The zero-order valence-electron chi connectivity index (χ0n) is 10.1.